The molecule has 12 heteroatoms. The van der Waals surface area contributed by atoms with Gasteiger partial charge in [-0.1, -0.05) is 5.21 Å². The van der Waals surface area contributed by atoms with Crippen molar-refractivity contribution in [3.05, 3.63) is 59.6 Å². The van der Waals surface area contributed by atoms with Gasteiger partial charge in [0.2, 0.25) is 0 Å². The second-order valence-electron chi connectivity index (χ2n) is 10.9. The number of fused-ring (bicyclic) bond motifs is 3. The first-order chi connectivity index (χ1) is 19.5. The van der Waals surface area contributed by atoms with Crippen molar-refractivity contribution in [2.75, 3.05) is 19.8 Å². The lowest BCUT2D eigenvalue weighted by Gasteiger charge is -2.46. The molecule has 4 atom stereocenters. The van der Waals surface area contributed by atoms with Crippen LogP contribution in [0.15, 0.2) is 36.8 Å². The van der Waals surface area contributed by atoms with Crippen LogP contribution in [0.2, 0.25) is 0 Å². The molecule has 0 radical (unpaired) electrons. The van der Waals surface area contributed by atoms with Gasteiger partial charge in [-0.25, -0.2) is 13.6 Å². The minimum absolute atomic E-state index is 0.146. The van der Waals surface area contributed by atoms with Gasteiger partial charge >= 0.3 is 0 Å². The maximum atomic E-state index is 13.3. The average Bonchev–Trinajstić information content (AvgIpc) is 3.59. The van der Waals surface area contributed by atoms with Crippen LogP contribution in [0.25, 0.3) is 16.8 Å². The number of hydrogen-bond donors (Lipinski definition) is 1. The van der Waals surface area contributed by atoms with E-state index >= 15 is 0 Å². The first-order valence-corrected chi connectivity index (χ1v) is 13.6. The highest BCUT2D eigenvalue weighted by Gasteiger charge is 2.46. The minimum Gasteiger partial charge on any atom is -0.488 e. The molecule has 4 aromatic heterocycles. The number of halogens is 1. The molecule has 0 amide bonds. The number of rotatable bonds is 7. The lowest BCUT2D eigenvalue weighted by molar-refractivity contribution is -0.0960. The van der Waals surface area contributed by atoms with E-state index < -0.39 is 11.9 Å². The van der Waals surface area contributed by atoms with Gasteiger partial charge in [-0.05, 0) is 50.8 Å². The second kappa shape index (κ2) is 9.92. The summed E-state index contributed by atoms with van der Waals surface area (Å²) in [7, 11) is 0. The molecule has 7 rings (SSSR count). The van der Waals surface area contributed by atoms with Crippen LogP contribution in [0.4, 0.5) is 4.39 Å². The lowest BCUT2D eigenvalue weighted by Crippen LogP contribution is -2.56. The molecule has 0 saturated carbocycles. The van der Waals surface area contributed by atoms with E-state index in [0.717, 1.165) is 43.5 Å². The van der Waals surface area contributed by atoms with Crippen molar-refractivity contribution in [1.29, 1.82) is 5.26 Å². The van der Waals surface area contributed by atoms with Crippen LogP contribution in [0.5, 0.6) is 5.75 Å². The van der Waals surface area contributed by atoms with Gasteiger partial charge in [0.25, 0.3) is 0 Å². The Morgan fingerprint density at radius 2 is 1.98 bits per heavy atom. The number of nitrogens with zero attached hydrogens (tertiary/aromatic N) is 8. The third kappa shape index (κ3) is 4.21. The highest BCUT2D eigenvalue weighted by atomic mass is 19.1. The summed E-state index contributed by atoms with van der Waals surface area (Å²) in [6.45, 7) is 3.57. The summed E-state index contributed by atoms with van der Waals surface area (Å²) in [5.41, 5.74) is 3.52. The predicted octanol–water partition coefficient (Wildman–Crippen LogP) is 2.99. The Balaban J connectivity index is 1.17. The molecule has 3 aliphatic heterocycles. The zero-order chi connectivity index (χ0) is 27.4. The van der Waals surface area contributed by atoms with Crippen LogP contribution in [-0.2, 0) is 4.74 Å². The fourth-order valence-corrected chi connectivity index (χ4v) is 6.57. The normalized spacial score (nSPS) is 23.7. The molecule has 206 valence electrons. The first kappa shape index (κ1) is 25.1. The molecular weight excluding hydrogens is 515 g/mol. The first-order valence-electron chi connectivity index (χ1n) is 13.6. The maximum absolute atomic E-state index is 13.3. The van der Waals surface area contributed by atoms with Gasteiger partial charge < -0.3 is 14.6 Å². The summed E-state index contributed by atoms with van der Waals surface area (Å²) in [6, 6.07) is 8.53. The summed E-state index contributed by atoms with van der Waals surface area (Å²) < 4.78 is 28.4. The van der Waals surface area contributed by atoms with E-state index in [1.165, 1.54) is 31.2 Å². The SMILES string of the molecule is Cc1c(-c2cc(OCC(O)c3ccc(F)cn3)c3c(C#N)cnn3c2)nnn1C1CC2CC[C@H](C1)N2C1COC1. The lowest BCUT2D eigenvalue weighted by atomic mass is 9.94. The predicted molar refractivity (Wildman–Crippen MR) is 140 cm³/mol. The van der Waals surface area contributed by atoms with Crippen LogP contribution in [0.1, 0.15) is 54.8 Å². The zero-order valence-electron chi connectivity index (χ0n) is 22.0. The van der Waals surface area contributed by atoms with Crippen molar-refractivity contribution in [3.8, 4) is 23.1 Å². The van der Waals surface area contributed by atoms with Gasteiger partial charge in [0.1, 0.15) is 47.1 Å². The van der Waals surface area contributed by atoms with E-state index in [0.29, 0.717) is 40.6 Å². The van der Waals surface area contributed by atoms with Crippen molar-refractivity contribution in [2.24, 2.45) is 0 Å². The number of piperidine rings is 1. The smallest absolute Gasteiger partial charge is 0.147 e. The van der Waals surface area contributed by atoms with Crippen LogP contribution in [0, 0.1) is 24.1 Å². The molecular formula is C28H29FN8O3. The third-order valence-corrected chi connectivity index (χ3v) is 8.54. The van der Waals surface area contributed by atoms with Gasteiger partial charge in [-0.15, -0.1) is 5.10 Å². The molecule has 0 aliphatic carbocycles. The van der Waals surface area contributed by atoms with Gasteiger partial charge in [-0.3, -0.25) is 9.88 Å². The largest absolute Gasteiger partial charge is 0.488 e. The molecule has 7 heterocycles. The van der Waals surface area contributed by atoms with Crippen molar-refractivity contribution >= 4 is 5.52 Å². The number of aliphatic hydroxyl groups is 1. The van der Waals surface area contributed by atoms with Gasteiger partial charge in [-0.2, -0.15) is 10.4 Å². The maximum Gasteiger partial charge on any atom is 0.147 e. The number of aromatic nitrogens is 6. The Kier molecular flexibility index (Phi) is 6.22. The highest BCUT2D eigenvalue weighted by Crippen LogP contribution is 2.43. The Morgan fingerprint density at radius 1 is 1.18 bits per heavy atom. The molecule has 2 bridgehead atoms. The minimum atomic E-state index is -1.09. The Morgan fingerprint density at radius 3 is 2.65 bits per heavy atom. The van der Waals surface area contributed by atoms with E-state index in [9.17, 15) is 14.8 Å². The van der Waals surface area contributed by atoms with Crippen LogP contribution >= 0.6 is 0 Å². The van der Waals surface area contributed by atoms with Crippen LogP contribution < -0.4 is 4.74 Å². The Bertz CT molecular complexity index is 1580. The summed E-state index contributed by atoms with van der Waals surface area (Å²) in [4.78, 5) is 6.62. The molecule has 3 fully saturated rings. The van der Waals surface area contributed by atoms with E-state index in [1.54, 1.807) is 10.6 Å². The topological polar surface area (TPSA) is 127 Å². The zero-order valence-corrected chi connectivity index (χ0v) is 22.0. The quantitative estimate of drug-likeness (QED) is 0.374. The van der Waals surface area contributed by atoms with Crippen molar-refractivity contribution in [3.63, 3.8) is 0 Å². The fourth-order valence-electron chi connectivity index (χ4n) is 6.57. The monoisotopic (exact) mass is 544 g/mol. The number of hydrogen-bond acceptors (Lipinski definition) is 9. The summed E-state index contributed by atoms with van der Waals surface area (Å²) in [5.74, 6) is -0.116. The fraction of sp³-hybridized carbons (Fsp3) is 0.464. The Hall–Kier alpha value is -3.92. The summed E-state index contributed by atoms with van der Waals surface area (Å²) in [5, 5.41) is 33.7. The molecule has 3 unspecified atom stereocenters. The van der Waals surface area contributed by atoms with Crippen molar-refractivity contribution in [1.82, 2.24) is 34.5 Å². The van der Waals surface area contributed by atoms with Crippen molar-refractivity contribution in [2.45, 2.75) is 62.9 Å². The van der Waals surface area contributed by atoms with Crippen molar-refractivity contribution < 1.29 is 19.0 Å². The summed E-state index contributed by atoms with van der Waals surface area (Å²) >= 11 is 0. The molecule has 3 saturated heterocycles. The average molecular weight is 545 g/mol. The number of nitriles is 1. The molecule has 11 nitrogen and oxygen atoms in total. The molecule has 4 aromatic rings. The van der Waals surface area contributed by atoms with Crippen LogP contribution in [-0.4, -0.2) is 77.5 Å². The van der Waals surface area contributed by atoms with E-state index in [-0.39, 0.29) is 18.3 Å². The van der Waals surface area contributed by atoms with Gasteiger partial charge in [0.15, 0.2) is 0 Å². The molecule has 40 heavy (non-hydrogen) atoms. The standard InChI is InChI=1S/C28H29FN8O3/c1-16-27(33-34-37(16)22-7-20-3-4-21(8-22)36(20)23-13-39-14-23)17-6-26(28-18(9-30)10-32-35(28)12-17)40-15-25(38)24-5-2-19(29)11-31-24/h2,5-6,10-12,20-23,25,38H,3-4,7-8,13-15H2,1H3/t20-,21?,22?,25?/m1/s1. The molecule has 0 spiro atoms. The summed E-state index contributed by atoms with van der Waals surface area (Å²) in [6.07, 6.45) is 7.77. The van der Waals surface area contributed by atoms with E-state index in [2.05, 4.69) is 36.0 Å². The van der Waals surface area contributed by atoms with Gasteiger partial charge in [0.05, 0.1) is 49.1 Å². The van der Waals surface area contributed by atoms with Crippen LogP contribution in [0.3, 0.4) is 0 Å². The van der Waals surface area contributed by atoms with E-state index in [1.807, 2.05) is 13.1 Å². The molecule has 1 N–H and O–H groups in total. The number of pyridine rings is 2. The Labute approximate surface area is 229 Å². The highest BCUT2D eigenvalue weighted by molar-refractivity contribution is 5.74. The van der Waals surface area contributed by atoms with Gasteiger partial charge in [0, 0.05) is 23.8 Å². The third-order valence-electron chi connectivity index (χ3n) is 8.54. The van der Waals surface area contributed by atoms with E-state index in [4.69, 9.17) is 9.47 Å². The molecule has 0 aromatic carbocycles. The number of ether oxygens (including phenoxy) is 2. The second-order valence-corrected chi connectivity index (χ2v) is 10.9. The number of aliphatic hydroxyl groups excluding tert-OH is 1. The molecule has 3 aliphatic rings.